The van der Waals surface area contributed by atoms with Crippen molar-refractivity contribution >= 4 is 17.3 Å². The highest BCUT2D eigenvalue weighted by Gasteiger charge is 2.19. The maximum absolute atomic E-state index is 11.3. The number of benzene rings is 1. The van der Waals surface area contributed by atoms with Gasteiger partial charge in [0.05, 0.1) is 14.2 Å². The van der Waals surface area contributed by atoms with E-state index in [9.17, 15) is 9.90 Å². The summed E-state index contributed by atoms with van der Waals surface area (Å²) in [5, 5.41) is 21.2. The maximum atomic E-state index is 11.3. The van der Waals surface area contributed by atoms with Crippen LogP contribution in [0.25, 0.3) is 21.8 Å². The molecule has 0 saturated heterocycles. The molecule has 0 unspecified atom stereocenters. The van der Waals surface area contributed by atoms with Crippen molar-refractivity contribution in [3.8, 4) is 27.6 Å². The number of rotatable bonds is 4. The van der Waals surface area contributed by atoms with Gasteiger partial charge in [-0.1, -0.05) is 12.1 Å². The van der Waals surface area contributed by atoms with Crippen LogP contribution >= 0.6 is 11.3 Å². The third-order valence-electron chi connectivity index (χ3n) is 3.02. The molecule has 22 heavy (non-hydrogen) atoms. The molecule has 0 atom stereocenters. The van der Waals surface area contributed by atoms with Crippen LogP contribution in [-0.2, 0) is 7.05 Å². The van der Waals surface area contributed by atoms with Crippen LogP contribution in [-0.4, -0.2) is 38.4 Å². The highest BCUT2D eigenvalue weighted by molar-refractivity contribution is 7.18. The molecule has 7 nitrogen and oxygen atoms in total. The molecular weight excluding hydrogens is 304 g/mol. The largest absolute Gasteiger partial charge is 0.497 e. The van der Waals surface area contributed by atoms with Crippen molar-refractivity contribution in [3.63, 3.8) is 0 Å². The molecule has 0 aliphatic heterocycles. The average molecular weight is 316 g/mol. The van der Waals surface area contributed by atoms with E-state index in [4.69, 9.17) is 4.74 Å². The van der Waals surface area contributed by atoms with Crippen LogP contribution < -0.4 is 4.74 Å². The van der Waals surface area contributed by atoms with E-state index in [1.54, 1.807) is 20.2 Å². The fourth-order valence-corrected chi connectivity index (χ4v) is 3.02. The standard InChI is InChI=1S/C14H12N4O3S/c1-18-16-13(15-17-18)10-7-11(14(19)20)22-12(10)8-4-3-5-9(6-8)21-2/h3-7H,1-2H3,(H,19,20). The summed E-state index contributed by atoms with van der Waals surface area (Å²) in [4.78, 5) is 13.6. The lowest BCUT2D eigenvalue weighted by molar-refractivity contribution is 0.0702. The normalized spacial score (nSPS) is 10.6. The Morgan fingerprint density at radius 1 is 1.36 bits per heavy atom. The fraction of sp³-hybridized carbons (Fsp3) is 0.143. The summed E-state index contributed by atoms with van der Waals surface area (Å²) in [5.41, 5.74) is 1.49. The number of hydrogen-bond acceptors (Lipinski definition) is 6. The van der Waals surface area contributed by atoms with Gasteiger partial charge in [-0.05, 0) is 29.0 Å². The number of tetrazole rings is 1. The van der Waals surface area contributed by atoms with Crippen LogP contribution in [0.3, 0.4) is 0 Å². The topological polar surface area (TPSA) is 90.1 Å². The zero-order valence-corrected chi connectivity index (χ0v) is 12.7. The van der Waals surface area contributed by atoms with Crippen molar-refractivity contribution in [1.82, 2.24) is 20.2 Å². The highest BCUT2D eigenvalue weighted by Crippen LogP contribution is 2.38. The minimum atomic E-state index is -0.982. The van der Waals surface area contributed by atoms with Gasteiger partial charge in [0.15, 0.2) is 0 Å². The predicted molar refractivity (Wildman–Crippen MR) is 81.1 cm³/mol. The first-order chi connectivity index (χ1) is 10.6. The van der Waals surface area contributed by atoms with Gasteiger partial charge in [-0.15, -0.1) is 21.5 Å². The van der Waals surface area contributed by atoms with Crippen LogP contribution in [0.5, 0.6) is 5.75 Å². The molecular formula is C14H12N4O3S. The smallest absolute Gasteiger partial charge is 0.345 e. The number of carboxylic acid groups (broad SMARTS) is 1. The van der Waals surface area contributed by atoms with Crippen LogP contribution in [0, 0.1) is 0 Å². The lowest BCUT2D eigenvalue weighted by Gasteiger charge is -2.04. The minimum Gasteiger partial charge on any atom is -0.497 e. The predicted octanol–water partition coefficient (Wildman–Crippen LogP) is 2.31. The first-order valence-corrected chi connectivity index (χ1v) is 7.16. The van der Waals surface area contributed by atoms with Gasteiger partial charge in [-0.25, -0.2) is 4.79 Å². The molecule has 2 aromatic heterocycles. The van der Waals surface area contributed by atoms with E-state index < -0.39 is 5.97 Å². The molecule has 0 radical (unpaired) electrons. The second kappa shape index (κ2) is 5.57. The van der Waals surface area contributed by atoms with Crippen molar-refractivity contribution in [1.29, 1.82) is 0 Å². The lowest BCUT2D eigenvalue weighted by Crippen LogP contribution is -1.92. The Morgan fingerprint density at radius 3 is 2.82 bits per heavy atom. The monoisotopic (exact) mass is 316 g/mol. The average Bonchev–Trinajstić information content (AvgIpc) is 3.13. The number of methoxy groups -OCH3 is 1. The second-order valence-corrected chi connectivity index (χ2v) is 5.55. The number of aryl methyl sites for hydroxylation is 1. The number of aromatic nitrogens is 4. The van der Waals surface area contributed by atoms with E-state index in [-0.39, 0.29) is 4.88 Å². The van der Waals surface area contributed by atoms with Crippen molar-refractivity contribution in [2.75, 3.05) is 7.11 Å². The number of aromatic carboxylic acids is 1. The molecule has 0 aliphatic rings. The number of thiophene rings is 1. The van der Waals surface area contributed by atoms with Gasteiger partial charge >= 0.3 is 5.97 Å². The summed E-state index contributed by atoms with van der Waals surface area (Å²) in [6.07, 6.45) is 0. The molecule has 2 heterocycles. The first-order valence-electron chi connectivity index (χ1n) is 6.34. The molecule has 112 valence electrons. The van der Waals surface area contributed by atoms with Crippen LogP contribution in [0.4, 0.5) is 0 Å². The van der Waals surface area contributed by atoms with Crippen LogP contribution in [0.1, 0.15) is 9.67 Å². The molecule has 1 aromatic carbocycles. The van der Waals surface area contributed by atoms with Gasteiger partial charge in [-0.3, -0.25) is 0 Å². The van der Waals surface area contributed by atoms with E-state index in [0.717, 1.165) is 10.4 Å². The summed E-state index contributed by atoms with van der Waals surface area (Å²) in [6.45, 7) is 0. The van der Waals surface area contributed by atoms with E-state index in [1.807, 2.05) is 24.3 Å². The lowest BCUT2D eigenvalue weighted by atomic mass is 10.1. The molecule has 1 N–H and O–H groups in total. The summed E-state index contributed by atoms with van der Waals surface area (Å²) in [6, 6.07) is 8.98. The van der Waals surface area contributed by atoms with Crippen molar-refractivity contribution in [2.45, 2.75) is 0 Å². The second-order valence-electron chi connectivity index (χ2n) is 4.49. The number of nitrogens with zero attached hydrogens (tertiary/aromatic N) is 4. The molecule has 3 aromatic rings. The Morgan fingerprint density at radius 2 is 2.18 bits per heavy atom. The van der Waals surface area contributed by atoms with Gasteiger partial charge in [0.1, 0.15) is 10.6 Å². The third-order valence-corrected chi connectivity index (χ3v) is 4.20. The van der Waals surface area contributed by atoms with Gasteiger partial charge < -0.3 is 9.84 Å². The molecule has 0 bridgehead atoms. The molecule has 0 spiro atoms. The summed E-state index contributed by atoms with van der Waals surface area (Å²) < 4.78 is 5.22. The number of hydrogen-bond donors (Lipinski definition) is 1. The number of ether oxygens (including phenoxy) is 1. The van der Waals surface area contributed by atoms with Crippen LogP contribution in [0.2, 0.25) is 0 Å². The molecule has 0 saturated carbocycles. The summed E-state index contributed by atoms with van der Waals surface area (Å²) in [5.74, 6) is 0.106. The maximum Gasteiger partial charge on any atom is 0.345 e. The Kier molecular flexibility index (Phi) is 3.60. The molecule has 0 fully saturated rings. The van der Waals surface area contributed by atoms with E-state index in [0.29, 0.717) is 17.1 Å². The highest BCUT2D eigenvalue weighted by atomic mass is 32.1. The summed E-state index contributed by atoms with van der Waals surface area (Å²) in [7, 11) is 3.24. The minimum absolute atomic E-state index is 0.222. The number of carboxylic acids is 1. The third kappa shape index (κ3) is 2.56. The van der Waals surface area contributed by atoms with E-state index in [2.05, 4.69) is 15.4 Å². The van der Waals surface area contributed by atoms with Crippen LogP contribution in [0.15, 0.2) is 30.3 Å². The Labute approximate surface area is 129 Å². The first kappa shape index (κ1) is 14.2. The van der Waals surface area contributed by atoms with Gasteiger partial charge in [0.2, 0.25) is 5.82 Å². The van der Waals surface area contributed by atoms with E-state index in [1.165, 1.54) is 16.1 Å². The Hall–Kier alpha value is -2.74. The quantitative estimate of drug-likeness (QED) is 0.794. The van der Waals surface area contributed by atoms with Gasteiger partial charge in [0.25, 0.3) is 0 Å². The summed E-state index contributed by atoms with van der Waals surface area (Å²) >= 11 is 1.17. The Balaban J connectivity index is 2.18. The zero-order valence-electron chi connectivity index (χ0n) is 11.8. The Bertz CT molecular complexity index is 840. The molecule has 8 heteroatoms. The van der Waals surface area contributed by atoms with Gasteiger partial charge in [-0.2, -0.15) is 4.80 Å². The van der Waals surface area contributed by atoms with Crippen molar-refractivity contribution in [2.24, 2.45) is 7.05 Å². The zero-order chi connectivity index (χ0) is 15.7. The fourth-order valence-electron chi connectivity index (χ4n) is 2.03. The molecule has 0 aliphatic carbocycles. The van der Waals surface area contributed by atoms with E-state index >= 15 is 0 Å². The number of carbonyl (C=O) groups is 1. The van der Waals surface area contributed by atoms with Crippen molar-refractivity contribution < 1.29 is 14.6 Å². The van der Waals surface area contributed by atoms with Crippen molar-refractivity contribution in [3.05, 3.63) is 35.2 Å². The van der Waals surface area contributed by atoms with Gasteiger partial charge in [0, 0.05) is 10.4 Å². The molecule has 3 rings (SSSR count). The SMILES string of the molecule is COc1cccc(-c2sc(C(=O)O)cc2-c2nnn(C)n2)c1. The molecule has 0 amide bonds.